The maximum absolute atomic E-state index is 13.7. The summed E-state index contributed by atoms with van der Waals surface area (Å²) in [6.45, 7) is 1.84. The minimum absolute atomic E-state index is 0.0534. The average molecular weight is 475 g/mol. The van der Waals surface area contributed by atoms with Gasteiger partial charge in [0.05, 0.1) is 23.0 Å². The lowest BCUT2D eigenvalue weighted by Crippen LogP contribution is -2.24. The van der Waals surface area contributed by atoms with Crippen molar-refractivity contribution in [3.63, 3.8) is 0 Å². The first-order valence-electron chi connectivity index (χ1n) is 9.74. The first kappa shape index (κ1) is 22.5. The summed E-state index contributed by atoms with van der Waals surface area (Å²) in [4.78, 5) is 18.4. The van der Waals surface area contributed by atoms with Crippen LogP contribution in [0.2, 0.25) is 5.02 Å². The minimum Gasteiger partial charge on any atom is -0.373 e. The molecule has 0 amide bonds. The highest BCUT2D eigenvalue weighted by Crippen LogP contribution is 2.44. The van der Waals surface area contributed by atoms with Crippen molar-refractivity contribution in [2.75, 3.05) is 19.4 Å². The molecule has 1 aliphatic rings. The molecular formula is C21H18ClF3N8. The van der Waals surface area contributed by atoms with Crippen molar-refractivity contribution in [3.8, 4) is 5.82 Å². The summed E-state index contributed by atoms with van der Waals surface area (Å²) in [6, 6.07) is 3.59. The summed E-state index contributed by atoms with van der Waals surface area (Å²) in [5, 5.41) is 7.14. The van der Waals surface area contributed by atoms with Crippen LogP contribution in [-0.2, 0) is 6.18 Å². The fourth-order valence-electron chi connectivity index (χ4n) is 3.41. The summed E-state index contributed by atoms with van der Waals surface area (Å²) >= 11 is 6.06. The van der Waals surface area contributed by atoms with Crippen LogP contribution >= 0.6 is 11.6 Å². The van der Waals surface area contributed by atoms with E-state index in [-0.39, 0.29) is 16.3 Å². The topological polar surface area (TPSA) is 84.1 Å². The van der Waals surface area contributed by atoms with Gasteiger partial charge in [-0.25, -0.2) is 15.0 Å². The Morgan fingerprint density at radius 3 is 2.67 bits per heavy atom. The van der Waals surface area contributed by atoms with Crippen LogP contribution in [0.5, 0.6) is 0 Å². The van der Waals surface area contributed by atoms with E-state index in [1.807, 2.05) is 6.92 Å². The Balaban J connectivity index is 1.77. The van der Waals surface area contributed by atoms with Crippen LogP contribution in [0.1, 0.15) is 29.9 Å². The first-order valence-corrected chi connectivity index (χ1v) is 10.1. The number of halogens is 4. The second-order valence-electron chi connectivity index (χ2n) is 7.11. The van der Waals surface area contributed by atoms with Crippen molar-refractivity contribution in [1.82, 2.24) is 29.6 Å². The summed E-state index contributed by atoms with van der Waals surface area (Å²) in [5.41, 5.74) is 2.45. The molecule has 4 rings (SSSR count). The number of fused-ring (bicyclic) bond motifs is 1. The molecule has 170 valence electrons. The average Bonchev–Trinajstić information content (AvgIpc) is 3.18. The lowest BCUT2D eigenvalue weighted by Gasteiger charge is -2.28. The predicted octanol–water partition coefficient (Wildman–Crippen LogP) is 4.68. The van der Waals surface area contributed by atoms with Crippen molar-refractivity contribution < 1.29 is 13.2 Å². The van der Waals surface area contributed by atoms with E-state index in [0.717, 1.165) is 6.07 Å². The van der Waals surface area contributed by atoms with E-state index in [1.165, 1.54) is 31.0 Å². The van der Waals surface area contributed by atoms with Gasteiger partial charge < -0.3 is 10.2 Å². The predicted molar refractivity (Wildman–Crippen MR) is 119 cm³/mol. The van der Waals surface area contributed by atoms with Gasteiger partial charge in [-0.05, 0) is 19.1 Å². The van der Waals surface area contributed by atoms with Gasteiger partial charge in [0.15, 0.2) is 11.6 Å². The van der Waals surface area contributed by atoms with Gasteiger partial charge in [-0.1, -0.05) is 17.3 Å². The number of benzene rings is 1. The van der Waals surface area contributed by atoms with Crippen molar-refractivity contribution in [1.29, 1.82) is 0 Å². The third-order valence-corrected chi connectivity index (χ3v) is 5.36. The molecule has 0 saturated carbocycles. The lowest BCUT2D eigenvalue weighted by atomic mass is 10.0. The van der Waals surface area contributed by atoms with Gasteiger partial charge in [0.2, 0.25) is 0 Å². The molecule has 1 unspecified atom stereocenters. The Hall–Kier alpha value is -3.69. The summed E-state index contributed by atoms with van der Waals surface area (Å²) in [5.74, 6) is 1.59. The van der Waals surface area contributed by atoms with Crippen molar-refractivity contribution in [2.45, 2.75) is 19.1 Å². The van der Waals surface area contributed by atoms with Crippen molar-refractivity contribution >= 4 is 35.0 Å². The first-order chi connectivity index (χ1) is 15.7. The molecule has 1 aliphatic heterocycles. The number of aromatic nitrogens is 5. The maximum atomic E-state index is 13.7. The third kappa shape index (κ3) is 4.33. The van der Waals surface area contributed by atoms with Crippen LogP contribution < -0.4 is 5.32 Å². The van der Waals surface area contributed by atoms with Crippen LogP contribution in [0.15, 0.2) is 47.7 Å². The normalized spacial score (nSPS) is 13.8. The van der Waals surface area contributed by atoms with E-state index in [1.54, 1.807) is 29.7 Å². The standard InChI is InChI=1S/C21H18ClF3N8/c1-12(20-30-11-31-33(20)18-9-17(26-2)28-10-29-18)32(3)16-5-4-6-27-19-14(16)7-13(22)8-15(19)21(23,24)25/h4,6-12H,1-3H3,(H,26,28,29). The summed E-state index contributed by atoms with van der Waals surface area (Å²) < 4.78 is 42.6. The molecule has 2 aromatic heterocycles. The zero-order valence-electron chi connectivity index (χ0n) is 17.8. The fourth-order valence-corrected chi connectivity index (χ4v) is 3.63. The zero-order chi connectivity index (χ0) is 23.8. The van der Waals surface area contributed by atoms with Gasteiger partial charge in [0.25, 0.3) is 0 Å². The number of hydrogen-bond donors (Lipinski definition) is 1. The molecule has 0 fully saturated rings. The summed E-state index contributed by atoms with van der Waals surface area (Å²) in [6.07, 6.45) is 0.890. The van der Waals surface area contributed by atoms with Crippen LogP contribution in [0.25, 0.3) is 11.5 Å². The smallest absolute Gasteiger partial charge is 0.373 e. The van der Waals surface area contributed by atoms with E-state index in [2.05, 4.69) is 36.1 Å². The highest BCUT2D eigenvalue weighted by atomic mass is 35.5. The maximum Gasteiger partial charge on any atom is 0.418 e. The largest absolute Gasteiger partial charge is 0.418 e. The van der Waals surface area contributed by atoms with E-state index < -0.39 is 17.8 Å². The van der Waals surface area contributed by atoms with Crippen molar-refractivity contribution in [2.24, 2.45) is 4.99 Å². The molecule has 0 spiro atoms. The molecule has 0 aliphatic carbocycles. The quantitative estimate of drug-likeness (QED) is 0.541. The van der Waals surface area contributed by atoms with Gasteiger partial charge in [-0.3, -0.25) is 4.99 Å². The lowest BCUT2D eigenvalue weighted by molar-refractivity contribution is -0.137. The van der Waals surface area contributed by atoms with E-state index in [9.17, 15) is 13.2 Å². The van der Waals surface area contributed by atoms with Gasteiger partial charge in [-0.15, -0.1) is 0 Å². The molecular weight excluding hydrogens is 457 g/mol. The van der Waals surface area contributed by atoms with Crippen LogP contribution in [0.4, 0.5) is 24.7 Å². The second kappa shape index (κ2) is 8.68. The minimum atomic E-state index is -4.62. The number of nitrogens with zero attached hydrogens (tertiary/aromatic N) is 7. The zero-order valence-corrected chi connectivity index (χ0v) is 18.5. The van der Waals surface area contributed by atoms with E-state index in [4.69, 9.17) is 11.6 Å². The molecule has 33 heavy (non-hydrogen) atoms. The molecule has 1 aromatic carbocycles. The second-order valence-corrected chi connectivity index (χ2v) is 7.55. The SMILES string of the molecule is CNc1cc(-n2ncnc2C(C)N(C)C2=C=CC=Nc3c2cc(Cl)cc3C(F)(F)F)ncn1. The molecule has 3 aromatic rings. The fraction of sp³-hybridized carbons (Fsp3) is 0.238. The van der Waals surface area contributed by atoms with E-state index >= 15 is 0 Å². The molecule has 0 radical (unpaired) electrons. The number of rotatable bonds is 5. The molecule has 0 saturated heterocycles. The highest BCUT2D eigenvalue weighted by molar-refractivity contribution is 6.31. The molecule has 1 atom stereocenters. The van der Waals surface area contributed by atoms with Crippen LogP contribution in [0.3, 0.4) is 0 Å². The Bertz CT molecular complexity index is 1290. The number of hydrogen-bond acceptors (Lipinski definition) is 7. The number of aliphatic imine (C=N–C) groups is 1. The monoisotopic (exact) mass is 474 g/mol. The summed E-state index contributed by atoms with van der Waals surface area (Å²) in [7, 11) is 3.46. The molecule has 0 bridgehead atoms. The van der Waals surface area contributed by atoms with Crippen LogP contribution in [0, 0.1) is 0 Å². The van der Waals surface area contributed by atoms with Crippen LogP contribution in [-0.4, -0.2) is 49.9 Å². The van der Waals surface area contributed by atoms with Gasteiger partial charge in [0, 0.05) is 43.0 Å². The Morgan fingerprint density at radius 2 is 1.94 bits per heavy atom. The van der Waals surface area contributed by atoms with Gasteiger partial charge in [0.1, 0.15) is 18.5 Å². The Kier molecular flexibility index (Phi) is 5.92. The number of nitrogens with one attached hydrogen (secondary N) is 1. The Morgan fingerprint density at radius 1 is 1.15 bits per heavy atom. The number of alkyl halides is 3. The number of allylic oxidation sites excluding steroid dienone is 1. The molecule has 8 nitrogen and oxygen atoms in total. The number of anilines is 1. The van der Waals surface area contributed by atoms with Crippen molar-refractivity contribution in [3.05, 3.63) is 64.6 Å². The third-order valence-electron chi connectivity index (χ3n) is 5.14. The molecule has 1 N–H and O–H groups in total. The molecule has 12 heteroatoms. The molecule has 3 heterocycles. The van der Waals surface area contributed by atoms with Gasteiger partial charge in [-0.2, -0.15) is 23.0 Å². The highest BCUT2D eigenvalue weighted by Gasteiger charge is 2.36. The van der Waals surface area contributed by atoms with Gasteiger partial charge >= 0.3 is 6.18 Å². The Labute approximate surface area is 192 Å². The van der Waals surface area contributed by atoms with E-state index in [0.29, 0.717) is 23.2 Å².